The van der Waals surface area contributed by atoms with Gasteiger partial charge in [-0.15, -0.1) is 0 Å². The van der Waals surface area contributed by atoms with E-state index in [1.165, 1.54) is 6.42 Å². The summed E-state index contributed by atoms with van der Waals surface area (Å²) in [5, 5.41) is 14.9. The molecule has 0 bridgehead atoms. The average Bonchev–Trinajstić information content (AvgIpc) is 2.94. The van der Waals surface area contributed by atoms with Crippen molar-refractivity contribution in [1.82, 2.24) is 20.4 Å². The van der Waals surface area contributed by atoms with Crippen molar-refractivity contribution in [3.8, 4) is 0 Å². The van der Waals surface area contributed by atoms with Gasteiger partial charge >= 0.3 is 12.0 Å². The molecule has 24 heavy (non-hydrogen) atoms. The van der Waals surface area contributed by atoms with Gasteiger partial charge in [0.25, 0.3) is 0 Å². The largest absolute Gasteiger partial charge is 0.480 e. The van der Waals surface area contributed by atoms with E-state index in [-0.39, 0.29) is 24.7 Å². The monoisotopic (exact) mass is 340 g/mol. The maximum Gasteiger partial charge on any atom is 0.317 e. The zero-order chi connectivity index (χ0) is 17.5. The second-order valence-electron chi connectivity index (χ2n) is 6.97. The molecule has 0 aromatic heterocycles. The smallest absolute Gasteiger partial charge is 0.317 e. The molecule has 138 valence electrons. The number of carboxylic acids is 1. The van der Waals surface area contributed by atoms with Crippen LogP contribution in [0.25, 0.3) is 0 Å². The highest BCUT2D eigenvalue weighted by Crippen LogP contribution is 2.25. The summed E-state index contributed by atoms with van der Waals surface area (Å²) in [7, 11) is 0. The van der Waals surface area contributed by atoms with Crippen molar-refractivity contribution in [3.05, 3.63) is 0 Å². The highest BCUT2D eigenvalue weighted by molar-refractivity contribution is 5.74. The lowest BCUT2D eigenvalue weighted by atomic mass is 9.85. The van der Waals surface area contributed by atoms with E-state index >= 15 is 0 Å². The Morgan fingerprint density at radius 3 is 2.67 bits per heavy atom. The molecular formula is C17H32N4O3. The van der Waals surface area contributed by atoms with Gasteiger partial charge in [0.1, 0.15) is 0 Å². The Hall–Kier alpha value is -1.34. The molecule has 0 radical (unpaired) electrons. The van der Waals surface area contributed by atoms with E-state index in [1.54, 1.807) is 0 Å². The summed E-state index contributed by atoms with van der Waals surface area (Å²) in [5.41, 5.74) is 0. The minimum absolute atomic E-state index is 0.0784. The van der Waals surface area contributed by atoms with Crippen molar-refractivity contribution in [2.45, 2.75) is 64.1 Å². The van der Waals surface area contributed by atoms with Gasteiger partial charge in [0.2, 0.25) is 0 Å². The van der Waals surface area contributed by atoms with Crippen LogP contribution in [-0.4, -0.2) is 77.8 Å². The zero-order valence-corrected chi connectivity index (χ0v) is 15.0. The predicted octanol–water partition coefficient (Wildman–Crippen LogP) is 1.10. The summed E-state index contributed by atoms with van der Waals surface area (Å²) in [6.45, 7) is 7.92. The van der Waals surface area contributed by atoms with E-state index in [0.29, 0.717) is 12.6 Å². The van der Waals surface area contributed by atoms with Crippen molar-refractivity contribution in [2.24, 2.45) is 0 Å². The topological polar surface area (TPSA) is 84.9 Å². The lowest BCUT2D eigenvalue weighted by Gasteiger charge is -2.42. The molecule has 1 saturated carbocycles. The van der Waals surface area contributed by atoms with Crippen LogP contribution in [0.2, 0.25) is 0 Å². The summed E-state index contributed by atoms with van der Waals surface area (Å²) in [6.07, 6.45) is 5.19. The van der Waals surface area contributed by atoms with Crippen LogP contribution >= 0.6 is 0 Å². The number of hydrogen-bond donors (Lipinski definition) is 3. The third-order valence-electron chi connectivity index (χ3n) is 5.22. The predicted molar refractivity (Wildman–Crippen MR) is 93.1 cm³/mol. The Balaban J connectivity index is 1.63. The van der Waals surface area contributed by atoms with Gasteiger partial charge in [0.15, 0.2) is 0 Å². The summed E-state index contributed by atoms with van der Waals surface area (Å²) in [6, 6.07) is 0.804. The number of aliphatic carboxylic acids is 1. The molecule has 0 unspecified atom stereocenters. The summed E-state index contributed by atoms with van der Waals surface area (Å²) >= 11 is 0. The second-order valence-corrected chi connectivity index (χ2v) is 6.97. The Kier molecular flexibility index (Phi) is 7.30. The Morgan fingerprint density at radius 2 is 2.04 bits per heavy atom. The average molecular weight is 340 g/mol. The molecule has 1 saturated heterocycles. The molecule has 7 heteroatoms. The fourth-order valence-corrected chi connectivity index (χ4v) is 3.83. The van der Waals surface area contributed by atoms with Gasteiger partial charge in [-0.2, -0.15) is 0 Å². The molecule has 1 aliphatic carbocycles. The Labute approximate surface area is 144 Å². The standard InChI is InChI=1S/C17H32N4O3/c1-3-7-21-8-5-6-14(21)11-18-17(24)19-13-9-15(10-13)20(4-2)12-16(22)23/h13-15H,3-12H2,1-2H3,(H,22,23)(H2,18,19,24)/t13?,14-,15?/m0/s1. The van der Waals surface area contributed by atoms with Crippen LogP contribution in [0.4, 0.5) is 4.79 Å². The fraction of sp³-hybridized carbons (Fsp3) is 0.882. The number of urea groups is 1. The van der Waals surface area contributed by atoms with Crippen molar-refractivity contribution >= 4 is 12.0 Å². The zero-order valence-electron chi connectivity index (χ0n) is 15.0. The van der Waals surface area contributed by atoms with Crippen LogP contribution in [0.3, 0.4) is 0 Å². The minimum atomic E-state index is -0.792. The van der Waals surface area contributed by atoms with Gasteiger partial charge in [-0.25, -0.2) is 4.79 Å². The van der Waals surface area contributed by atoms with Crippen LogP contribution < -0.4 is 10.6 Å². The first-order valence-electron chi connectivity index (χ1n) is 9.27. The normalized spacial score (nSPS) is 27.0. The molecule has 0 aromatic rings. The lowest BCUT2D eigenvalue weighted by Crippen LogP contribution is -2.57. The number of rotatable bonds is 9. The molecule has 0 spiro atoms. The molecule has 1 aliphatic heterocycles. The summed E-state index contributed by atoms with van der Waals surface area (Å²) < 4.78 is 0. The number of carbonyl (C=O) groups is 2. The number of hydrogen-bond acceptors (Lipinski definition) is 4. The first-order chi connectivity index (χ1) is 11.5. The number of amides is 2. The van der Waals surface area contributed by atoms with Crippen LogP contribution in [0.5, 0.6) is 0 Å². The molecule has 2 aliphatic rings. The van der Waals surface area contributed by atoms with Gasteiger partial charge in [0.05, 0.1) is 6.54 Å². The molecule has 2 amide bonds. The quantitative estimate of drug-likeness (QED) is 0.585. The van der Waals surface area contributed by atoms with Gasteiger partial charge in [-0.05, 0) is 51.7 Å². The Morgan fingerprint density at radius 1 is 1.29 bits per heavy atom. The number of nitrogens with zero attached hydrogens (tertiary/aromatic N) is 2. The molecule has 2 fully saturated rings. The maximum absolute atomic E-state index is 12.0. The third kappa shape index (κ3) is 5.34. The lowest BCUT2D eigenvalue weighted by molar-refractivity contribution is -0.139. The number of likely N-dealkylation sites (N-methyl/N-ethyl adjacent to an activating group) is 1. The van der Waals surface area contributed by atoms with Gasteiger partial charge in [-0.3, -0.25) is 14.6 Å². The van der Waals surface area contributed by atoms with E-state index in [1.807, 2.05) is 11.8 Å². The summed E-state index contributed by atoms with van der Waals surface area (Å²) in [5.74, 6) is -0.792. The second kappa shape index (κ2) is 9.22. The van der Waals surface area contributed by atoms with E-state index < -0.39 is 5.97 Å². The first kappa shape index (κ1) is 19.0. The van der Waals surface area contributed by atoms with Crippen molar-refractivity contribution in [1.29, 1.82) is 0 Å². The first-order valence-corrected chi connectivity index (χ1v) is 9.27. The van der Waals surface area contributed by atoms with Gasteiger partial charge < -0.3 is 15.7 Å². The van der Waals surface area contributed by atoms with Crippen LogP contribution in [-0.2, 0) is 4.79 Å². The van der Waals surface area contributed by atoms with Crippen LogP contribution in [0, 0.1) is 0 Å². The van der Waals surface area contributed by atoms with E-state index in [2.05, 4.69) is 22.5 Å². The SMILES string of the molecule is CCCN1CCC[C@H]1CNC(=O)NC1CC(N(CC)CC(=O)O)C1. The van der Waals surface area contributed by atoms with Crippen molar-refractivity contribution in [3.63, 3.8) is 0 Å². The number of likely N-dealkylation sites (tertiary alicyclic amines) is 1. The molecule has 7 nitrogen and oxygen atoms in total. The fourth-order valence-electron chi connectivity index (χ4n) is 3.83. The van der Waals surface area contributed by atoms with E-state index in [9.17, 15) is 9.59 Å². The molecular weight excluding hydrogens is 308 g/mol. The molecule has 1 atom stereocenters. The highest BCUT2D eigenvalue weighted by atomic mass is 16.4. The van der Waals surface area contributed by atoms with E-state index in [0.717, 1.165) is 45.3 Å². The molecule has 1 heterocycles. The minimum Gasteiger partial charge on any atom is -0.480 e. The molecule has 0 aromatic carbocycles. The van der Waals surface area contributed by atoms with Crippen LogP contribution in [0.15, 0.2) is 0 Å². The number of nitrogens with one attached hydrogen (secondary N) is 2. The van der Waals surface area contributed by atoms with E-state index in [4.69, 9.17) is 5.11 Å². The summed E-state index contributed by atoms with van der Waals surface area (Å²) in [4.78, 5) is 27.3. The number of carboxylic acid groups (broad SMARTS) is 1. The van der Waals surface area contributed by atoms with Gasteiger partial charge in [-0.1, -0.05) is 13.8 Å². The van der Waals surface area contributed by atoms with Crippen molar-refractivity contribution < 1.29 is 14.7 Å². The van der Waals surface area contributed by atoms with Gasteiger partial charge in [0, 0.05) is 24.7 Å². The number of carbonyl (C=O) groups excluding carboxylic acids is 1. The van der Waals surface area contributed by atoms with Crippen LogP contribution in [0.1, 0.15) is 46.0 Å². The maximum atomic E-state index is 12.0. The third-order valence-corrected chi connectivity index (χ3v) is 5.22. The molecule has 2 rings (SSSR count). The van der Waals surface area contributed by atoms with Crippen molar-refractivity contribution in [2.75, 3.05) is 32.7 Å². The molecule has 3 N–H and O–H groups in total. The Bertz CT molecular complexity index is 426. The highest BCUT2D eigenvalue weighted by Gasteiger charge is 2.34.